The molecule has 4 aliphatic carbocycles. The molecular weight excluding hydrogens is 320 g/mol. The van der Waals surface area contributed by atoms with Crippen molar-refractivity contribution in [3.05, 3.63) is 12.2 Å². The molecule has 5 nitrogen and oxygen atoms in total. The first-order chi connectivity index (χ1) is 11.5. The minimum absolute atomic E-state index is 0.0857. The first-order valence-corrected chi connectivity index (χ1v) is 9.45. The second-order valence-corrected chi connectivity index (χ2v) is 9.81. The molecule has 0 unspecified atom stereocenters. The van der Waals surface area contributed by atoms with Crippen LogP contribution in [0.5, 0.6) is 0 Å². The highest BCUT2D eigenvalue weighted by Crippen LogP contribution is 2.71. The zero-order valence-electron chi connectivity index (χ0n) is 15.3. The molecule has 0 aromatic rings. The first kappa shape index (κ1) is 17.7. The van der Waals surface area contributed by atoms with Gasteiger partial charge in [-0.25, -0.2) is 0 Å². The van der Waals surface area contributed by atoms with Gasteiger partial charge in [0, 0.05) is 23.7 Å². The molecule has 5 heteroatoms. The maximum atomic E-state index is 13.1. The highest BCUT2D eigenvalue weighted by Gasteiger charge is 2.76. The zero-order valence-corrected chi connectivity index (χ0v) is 15.3. The number of carbonyl (C=O) groups is 1. The van der Waals surface area contributed by atoms with E-state index < -0.39 is 47.1 Å². The molecule has 4 saturated carbocycles. The van der Waals surface area contributed by atoms with Crippen molar-refractivity contribution in [2.45, 2.75) is 70.9 Å². The lowest BCUT2D eigenvalue weighted by Crippen LogP contribution is -2.72. The van der Waals surface area contributed by atoms with Crippen molar-refractivity contribution in [3.8, 4) is 0 Å². The molecule has 0 amide bonds. The van der Waals surface area contributed by atoms with Gasteiger partial charge in [-0.2, -0.15) is 0 Å². The molecule has 0 aromatic carbocycles. The van der Waals surface area contributed by atoms with Crippen molar-refractivity contribution in [1.29, 1.82) is 0 Å². The minimum Gasteiger partial charge on any atom is -0.393 e. The molecule has 1 spiro atoms. The van der Waals surface area contributed by atoms with Crippen molar-refractivity contribution in [2.75, 3.05) is 0 Å². The van der Waals surface area contributed by atoms with Gasteiger partial charge in [-0.05, 0) is 36.2 Å². The van der Waals surface area contributed by atoms with E-state index in [0.717, 1.165) is 6.42 Å². The van der Waals surface area contributed by atoms with Crippen LogP contribution in [-0.4, -0.2) is 50.6 Å². The van der Waals surface area contributed by atoms with E-state index in [0.29, 0.717) is 18.4 Å². The van der Waals surface area contributed by atoms with Gasteiger partial charge in [0.15, 0.2) is 0 Å². The summed E-state index contributed by atoms with van der Waals surface area (Å²) in [5.41, 5.74) is -1.82. The highest BCUT2D eigenvalue weighted by molar-refractivity contribution is 5.87. The van der Waals surface area contributed by atoms with Crippen LogP contribution >= 0.6 is 0 Å². The normalized spacial score (nSPS) is 57.2. The summed E-state index contributed by atoms with van der Waals surface area (Å²) in [5.74, 6) is -1.10. The van der Waals surface area contributed by atoms with Gasteiger partial charge in [0.1, 0.15) is 5.78 Å². The van der Waals surface area contributed by atoms with Gasteiger partial charge in [-0.15, -0.1) is 0 Å². The Labute approximate surface area is 148 Å². The second kappa shape index (κ2) is 4.94. The highest BCUT2D eigenvalue weighted by atomic mass is 16.3. The fourth-order valence-electron chi connectivity index (χ4n) is 7.37. The van der Waals surface area contributed by atoms with Crippen LogP contribution in [-0.2, 0) is 4.79 Å². The maximum absolute atomic E-state index is 13.1. The largest absolute Gasteiger partial charge is 0.393 e. The third-order valence-electron chi connectivity index (χ3n) is 8.56. The summed E-state index contributed by atoms with van der Waals surface area (Å²) in [7, 11) is 0. The molecule has 4 rings (SSSR count). The second-order valence-electron chi connectivity index (χ2n) is 9.81. The summed E-state index contributed by atoms with van der Waals surface area (Å²) in [6.07, 6.45) is -2.06. The number of Topliss-reactive ketones (excluding diaryl/α,β-unsaturated/α-hetero) is 1. The average Bonchev–Trinajstić information content (AvgIpc) is 2.65. The minimum atomic E-state index is -1.30. The Morgan fingerprint density at radius 3 is 2.36 bits per heavy atom. The Morgan fingerprint density at radius 1 is 1.08 bits per heavy atom. The van der Waals surface area contributed by atoms with Crippen LogP contribution in [0.25, 0.3) is 0 Å². The number of aliphatic hydroxyl groups is 4. The van der Waals surface area contributed by atoms with Gasteiger partial charge in [0.05, 0.1) is 29.8 Å². The summed E-state index contributed by atoms with van der Waals surface area (Å²) in [6.45, 7) is 10.1. The van der Waals surface area contributed by atoms with Crippen LogP contribution in [0.3, 0.4) is 0 Å². The van der Waals surface area contributed by atoms with Crippen LogP contribution in [0.15, 0.2) is 12.2 Å². The molecule has 25 heavy (non-hydrogen) atoms. The number of hydrogen-bond acceptors (Lipinski definition) is 5. The third kappa shape index (κ3) is 1.76. The van der Waals surface area contributed by atoms with Gasteiger partial charge in [-0.3, -0.25) is 4.79 Å². The van der Waals surface area contributed by atoms with Crippen LogP contribution in [0, 0.1) is 34.0 Å². The third-order valence-corrected chi connectivity index (χ3v) is 8.56. The molecule has 9 atom stereocenters. The van der Waals surface area contributed by atoms with Crippen molar-refractivity contribution in [2.24, 2.45) is 34.0 Å². The molecule has 0 aliphatic heterocycles. The fourth-order valence-corrected chi connectivity index (χ4v) is 7.37. The molecule has 140 valence electrons. The van der Waals surface area contributed by atoms with Gasteiger partial charge in [-0.1, -0.05) is 27.4 Å². The molecule has 2 bridgehead atoms. The van der Waals surface area contributed by atoms with Crippen molar-refractivity contribution >= 4 is 5.78 Å². The van der Waals surface area contributed by atoms with Crippen LogP contribution in [0.4, 0.5) is 0 Å². The summed E-state index contributed by atoms with van der Waals surface area (Å²) < 4.78 is 0. The Balaban J connectivity index is 1.95. The maximum Gasteiger partial charge on any atom is 0.139 e. The Hall–Kier alpha value is -0.750. The Morgan fingerprint density at radius 2 is 1.72 bits per heavy atom. The van der Waals surface area contributed by atoms with E-state index in [4.69, 9.17) is 0 Å². The topological polar surface area (TPSA) is 98.0 Å². The van der Waals surface area contributed by atoms with E-state index in [2.05, 4.69) is 20.4 Å². The fraction of sp³-hybridized carbons (Fsp3) is 0.850. The molecule has 0 heterocycles. The van der Waals surface area contributed by atoms with Crippen molar-refractivity contribution < 1.29 is 25.2 Å². The van der Waals surface area contributed by atoms with E-state index in [1.165, 1.54) is 0 Å². The lowest BCUT2D eigenvalue weighted by molar-refractivity contribution is -0.266. The number of rotatable bonds is 0. The predicted octanol–water partition coefficient (Wildman–Crippen LogP) is 1.04. The van der Waals surface area contributed by atoms with E-state index in [1.54, 1.807) is 0 Å². The zero-order chi connectivity index (χ0) is 18.5. The first-order valence-electron chi connectivity index (χ1n) is 9.45. The van der Waals surface area contributed by atoms with Gasteiger partial charge in [0.25, 0.3) is 0 Å². The number of aliphatic hydroxyl groups excluding tert-OH is 4. The quantitative estimate of drug-likeness (QED) is 0.489. The number of fused-ring (bicyclic) bond motifs is 3. The van der Waals surface area contributed by atoms with Crippen LogP contribution in [0.1, 0.15) is 46.5 Å². The SMILES string of the molecule is C=C1[C@@H](O)[C@@]23[C@H](O)C[C@@H]4C(C)(C)CCC(=O)[C@@]4(C)[C@@H]2[C@@H](O)C[C@@H]1[C@H]3O. The van der Waals surface area contributed by atoms with Gasteiger partial charge >= 0.3 is 0 Å². The lowest BCUT2D eigenvalue weighted by Gasteiger charge is -2.66. The lowest BCUT2D eigenvalue weighted by atomic mass is 9.39. The van der Waals surface area contributed by atoms with Crippen LogP contribution in [0.2, 0.25) is 0 Å². The van der Waals surface area contributed by atoms with Crippen LogP contribution < -0.4 is 0 Å². The van der Waals surface area contributed by atoms with E-state index in [1.807, 2.05) is 6.92 Å². The summed E-state index contributed by atoms with van der Waals surface area (Å²) in [5, 5.41) is 44.2. The van der Waals surface area contributed by atoms with E-state index in [9.17, 15) is 25.2 Å². The number of carbonyl (C=O) groups excluding carboxylic acids is 1. The smallest absolute Gasteiger partial charge is 0.139 e. The summed E-state index contributed by atoms with van der Waals surface area (Å²) in [6, 6.07) is 0. The summed E-state index contributed by atoms with van der Waals surface area (Å²) in [4.78, 5) is 13.1. The van der Waals surface area contributed by atoms with E-state index in [-0.39, 0.29) is 23.5 Å². The standard InChI is InChI=1S/C20H30O5/c1-9-10-7-11(21)15-19(4)12(18(2,3)6-5-13(19)22)8-14(23)20(15,16(9)24)17(10)25/h10-12,14-17,21,23-25H,1,5-8H2,2-4H3/t10-,11-,12+,14+,15-,16+,17+,19-,20+/m0/s1. The predicted molar refractivity (Wildman–Crippen MR) is 91.4 cm³/mol. The molecular formula is C20H30O5. The summed E-state index contributed by atoms with van der Waals surface area (Å²) >= 11 is 0. The van der Waals surface area contributed by atoms with E-state index >= 15 is 0 Å². The molecule has 0 saturated heterocycles. The molecule has 0 radical (unpaired) electrons. The Bertz CT molecular complexity index is 642. The molecule has 4 fully saturated rings. The monoisotopic (exact) mass is 350 g/mol. The average molecular weight is 350 g/mol. The van der Waals surface area contributed by atoms with Gasteiger partial charge in [0.2, 0.25) is 0 Å². The van der Waals surface area contributed by atoms with Gasteiger partial charge < -0.3 is 20.4 Å². The number of hydrogen-bond donors (Lipinski definition) is 4. The molecule has 4 N–H and O–H groups in total. The molecule has 0 aromatic heterocycles. The van der Waals surface area contributed by atoms with Crippen molar-refractivity contribution in [1.82, 2.24) is 0 Å². The van der Waals surface area contributed by atoms with Crippen molar-refractivity contribution in [3.63, 3.8) is 0 Å². The Kier molecular flexibility index (Phi) is 3.49. The number of ketones is 1. The molecule has 4 aliphatic rings.